The molecule has 1 amide bonds. The number of rotatable bonds is 6. The predicted molar refractivity (Wildman–Crippen MR) is 98.2 cm³/mol. The standard InChI is InChI=1S/C20H26N2O4/c1-15-4-6-16(7-5-15)26-12-18-17(8-11-25-18)19(23)22-10-9-20(24,14-22)13-21(2)3/h4-8,11,24H,9-10,12-14H2,1-3H3. The molecule has 0 aliphatic carbocycles. The summed E-state index contributed by atoms with van der Waals surface area (Å²) in [6, 6.07) is 9.39. The van der Waals surface area contributed by atoms with Crippen LogP contribution in [0.25, 0.3) is 0 Å². The van der Waals surface area contributed by atoms with Gasteiger partial charge in [0.1, 0.15) is 12.4 Å². The number of aliphatic hydroxyl groups is 1. The Morgan fingerprint density at radius 3 is 2.73 bits per heavy atom. The van der Waals surface area contributed by atoms with Crippen LogP contribution in [0.15, 0.2) is 41.0 Å². The Morgan fingerprint density at radius 1 is 1.31 bits per heavy atom. The van der Waals surface area contributed by atoms with E-state index in [0.29, 0.717) is 37.4 Å². The van der Waals surface area contributed by atoms with E-state index in [9.17, 15) is 9.90 Å². The SMILES string of the molecule is Cc1ccc(OCc2occc2C(=O)N2CCC(O)(CN(C)C)C2)cc1. The summed E-state index contributed by atoms with van der Waals surface area (Å²) in [7, 11) is 3.83. The molecule has 1 N–H and O–H groups in total. The lowest BCUT2D eigenvalue weighted by Crippen LogP contribution is -2.43. The summed E-state index contributed by atoms with van der Waals surface area (Å²) in [6.45, 7) is 3.60. The molecule has 0 radical (unpaired) electrons. The zero-order valence-electron chi connectivity index (χ0n) is 15.6. The van der Waals surface area contributed by atoms with Gasteiger partial charge in [0.15, 0.2) is 5.76 Å². The molecular weight excluding hydrogens is 332 g/mol. The van der Waals surface area contributed by atoms with Crippen molar-refractivity contribution in [3.05, 3.63) is 53.5 Å². The number of hydrogen-bond donors (Lipinski definition) is 1. The van der Waals surface area contributed by atoms with E-state index in [1.807, 2.05) is 50.2 Å². The molecule has 0 spiro atoms. The van der Waals surface area contributed by atoms with Crippen LogP contribution in [-0.2, 0) is 6.61 Å². The van der Waals surface area contributed by atoms with Crippen LogP contribution in [0, 0.1) is 6.92 Å². The van der Waals surface area contributed by atoms with E-state index in [2.05, 4.69) is 0 Å². The van der Waals surface area contributed by atoms with Crippen molar-refractivity contribution in [2.24, 2.45) is 0 Å². The number of aryl methyl sites for hydroxylation is 1. The first-order chi connectivity index (χ1) is 12.4. The molecule has 1 aromatic carbocycles. The van der Waals surface area contributed by atoms with Crippen molar-refractivity contribution < 1.29 is 19.1 Å². The van der Waals surface area contributed by atoms with Crippen molar-refractivity contribution in [1.29, 1.82) is 0 Å². The van der Waals surface area contributed by atoms with Gasteiger partial charge in [0, 0.05) is 13.1 Å². The molecule has 6 heteroatoms. The van der Waals surface area contributed by atoms with Gasteiger partial charge in [-0.15, -0.1) is 0 Å². The van der Waals surface area contributed by atoms with Crippen molar-refractivity contribution in [1.82, 2.24) is 9.80 Å². The molecule has 1 saturated heterocycles. The van der Waals surface area contributed by atoms with Crippen LogP contribution in [0.1, 0.15) is 28.1 Å². The van der Waals surface area contributed by atoms with Gasteiger partial charge in [-0.25, -0.2) is 0 Å². The van der Waals surface area contributed by atoms with Gasteiger partial charge in [-0.3, -0.25) is 4.79 Å². The Labute approximate surface area is 154 Å². The second-order valence-corrected chi connectivity index (χ2v) is 7.30. The van der Waals surface area contributed by atoms with Gasteiger partial charge >= 0.3 is 0 Å². The molecule has 6 nitrogen and oxygen atoms in total. The summed E-state index contributed by atoms with van der Waals surface area (Å²) in [5.74, 6) is 1.10. The molecule has 2 heterocycles. The van der Waals surface area contributed by atoms with E-state index in [1.54, 1.807) is 11.0 Å². The summed E-state index contributed by atoms with van der Waals surface area (Å²) in [5, 5.41) is 10.6. The lowest BCUT2D eigenvalue weighted by atomic mass is 10.0. The number of carbonyl (C=O) groups excluding carboxylic acids is 1. The van der Waals surface area contributed by atoms with E-state index in [-0.39, 0.29) is 12.5 Å². The Hall–Kier alpha value is -2.31. The zero-order chi connectivity index (χ0) is 18.7. The number of benzene rings is 1. The largest absolute Gasteiger partial charge is 0.486 e. The second kappa shape index (κ2) is 7.51. The number of carbonyl (C=O) groups is 1. The van der Waals surface area contributed by atoms with Gasteiger partial charge in [0.2, 0.25) is 0 Å². The highest BCUT2D eigenvalue weighted by atomic mass is 16.5. The first-order valence-corrected chi connectivity index (χ1v) is 8.78. The number of likely N-dealkylation sites (tertiary alicyclic amines) is 1. The minimum absolute atomic E-state index is 0.129. The fraction of sp³-hybridized carbons (Fsp3) is 0.450. The average Bonchev–Trinajstić information content (AvgIpc) is 3.20. The molecule has 0 saturated carbocycles. The van der Waals surface area contributed by atoms with Crippen molar-refractivity contribution in [3.63, 3.8) is 0 Å². The van der Waals surface area contributed by atoms with Gasteiger partial charge in [0.25, 0.3) is 5.91 Å². The molecule has 3 rings (SSSR count). The normalized spacial score (nSPS) is 20.0. The summed E-state index contributed by atoms with van der Waals surface area (Å²) < 4.78 is 11.2. The van der Waals surface area contributed by atoms with Crippen LogP contribution in [0.2, 0.25) is 0 Å². The summed E-state index contributed by atoms with van der Waals surface area (Å²) in [4.78, 5) is 16.5. The molecule has 2 aromatic rings. The third-order valence-corrected chi connectivity index (χ3v) is 4.60. The van der Waals surface area contributed by atoms with Gasteiger partial charge < -0.3 is 24.1 Å². The number of β-amino-alcohol motifs (C(OH)–C–C–N with tert-alkyl or cyclic N) is 1. The number of hydrogen-bond acceptors (Lipinski definition) is 5. The van der Waals surface area contributed by atoms with Crippen LogP contribution >= 0.6 is 0 Å². The fourth-order valence-electron chi connectivity index (χ4n) is 3.34. The molecule has 26 heavy (non-hydrogen) atoms. The summed E-state index contributed by atoms with van der Waals surface area (Å²) in [5.41, 5.74) is 0.790. The number of ether oxygens (including phenoxy) is 1. The third kappa shape index (κ3) is 4.26. The predicted octanol–water partition coefficient (Wildman–Crippen LogP) is 2.31. The van der Waals surface area contributed by atoms with Crippen molar-refractivity contribution in [2.45, 2.75) is 25.6 Å². The van der Waals surface area contributed by atoms with Crippen LogP contribution in [0.5, 0.6) is 5.75 Å². The highest BCUT2D eigenvalue weighted by Gasteiger charge is 2.39. The number of likely N-dealkylation sites (N-methyl/N-ethyl adjacent to an activating group) is 1. The van der Waals surface area contributed by atoms with Crippen molar-refractivity contribution >= 4 is 5.91 Å². The van der Waals surface area contributed by atoms with E-state index in [0.717, 1.165) is 11.3 Å². The average molecular weight is 358 g/mol. The third-order valence-electron chi connectivity index (χ3n) is 4.60. The summed E-state index contributed by atoms with van der Waals surface area (Å²) in [6.07, 6.45) is 2.08. The van der Waals surface area contributed by atoms with Crippen LogP contribution < -0.4 is 4.74 Å². The highest BCUT2D eigenvalue weighted by molar-refractivity contribution is 5.95. The fourth-order valence-corrected chi connectivity index (χ4v) is 3.34. The maximum Gasteiger partial charge on any atom is 0.257 e. The van der Waals surface area contributed by atoms with E-state index in [1.165, 1.54) is 6.26 Å². The lowest BCUT2D eigenvalue weighted by molar-refractivity contribution is 0.0235. The van der Waals surface area contributed by atoms with Gasteiger partial charge in [-0.2, -0.15) is 0 Å². The van der Waals surface area contributed by atoms with Crippen molar-refractivity contribution in [3.8, 4) is 5.75 Å². The molecule has 1 aliphatic heterocycles. The Balaban J connectivity index is 1.64. The number of nitrogens with zero attached hydrogens (tertiary/aromatic N) is 2. The monoisotopic (exact) mass is 358 g/mol. The van der Waals surface area contributed by atoms with Crippen molar-refractivity contribution in [2.75, 3.05) is 33.7 Å². The Bertz CT molecular complexity index is 753. The van der Waals surface area contributed by atoms with Gasteiger partial charge in [-0.05, 0) is 45.6 Å². The highest BCUT2D eigenvalue weighted by Crippen LogP contribution is 2.25. The van der Waals surface area contributed by atoms with Crippen LogP contribution in [0.4, 0.5) is 0 Å². The Morgan fingerprint density at radius 2 is 2.04 bits per heavy atom. The Kier molecular flexibility index (Phi) is 5.34. The van der Waals surface area contributed by atoms with Gasteiger partial charge in [0.05, 0.1) is 24.0 Å². The first-order valence-electron chi connectivity index (χ1n) is 8.78. The van der Waals surface area contributed by atoms with Gasteiger partial charge in [-0.1, -0.05) is 17.7 Å². The minimum Gasteiger partial charge on any atom is -0.486 e. The number of amides is 1. The minimum atomic E-state index is -0.860. The number of furan rings is 1. The second-order valence-electron chi connectivity index (χ2n) is 7.30. The maximum absolute atomic E-state index is 12.8. The molecule has 1 aromatic heterocycles. The summed E-state index contributed by atoms with van der Waals surface area (Å²) >= 11 is 0. The maximum atomic E-state index is 12.8. The lowest BCUT2D eigenvalue weighted by Gasteiger charge is -2.26. The molecule has 1 unspecified atom stereocenters. The van der Waals surface area contributed by atoms with E-state index >= 15 is 0 Å². The van der Waals surface area contributed by atoms with Crippen LogP contribution in [-0.4, -0.2) is 60.1 Å². The van der Waals surface area contributed by atoms with E-state index in [4.69, 9.17) is 9.15 Å². The quantitative estimate of drug-likeness (QED) is 0.858. The first kappa shape index (κ1) is 18.5. The van der Waals surface area contributed by atoms with Crippen LogP contribution in [0.3, 0.4) is 0 Å². The van der Waals surface area contributed by atoms with E-state index < -0.39 is 5.60 Å². The molecule has 1 atom stereocenters. The molecular formula is C20H26N2O4. The zero-order valence-corrected chi connectivity index (χ0v) is 15.6. The molecule has 1 aliphatic rings. The smallest absolute Gasteiger partial charge is 0.257 e. The topological polar surface area (TPSA) is 66.1 Å². The molecule has 1 fully saturated rings. The molecule has 140 valence electrons. The molecule has 0 bridgehead atoms.